The lowest BCUT2D eigenvalue weighted by Gasteiger charge is -2.07. The van der Waals surface area contributed by atoms with Crippen molar-refractivity contribution < 1.29 is 13.6 Å². The zero-order chi connectivity index (χ0) is 15.5. The van der Waals surface area contributed by atoms with Gasteiger partial charge in [0, 0.05) is 10.6 Å². The fourth-order valence-electron chi connectivity index (χ4n) is 2.56. The number of carbonyl (C=O) groups excluding carboxylic acids is 1. The number of rotatable bonds is 4. The maximum atomic E-state index is 13.1. The topological polar surface area (TPSA) is 29.1 Å². The van der Waals surface area contributed by atoms with Crippen molar-refractivity contribution in [1.29, 1.82) is 0 Å². The summed E-state index contributed by atoms with van der Waals surface area (Å²) in [6.45, 7) is 0. The van der Waals surface area contributed by atoms with Gasteiger partial charge in [-0.2, -0.15) is 0 Å². The number of thioether (sulfide) groups is 1. The van der Waals surface area contributed by atoms with Gasteiger partial charge in [-0.3, -0.25) is 4.79 Å². The molecule has 0 spiro atoms. The van der Waals surface area contributed by atoms with Gasteiger partial charge in [-0.25, -0.2) is 8.78 Å². The molecule has 0 unspecified atom stereocenters. The fourth-order valence-corrected chi connectivity index (χ4v) is 3.28. The van der Waals surface area contributed by atoms with E-state index in [1.165, 1.54) is 35.4 Å². The number of fused-ring (bicyclic) bond motifs is 1. The van der Waals surface area contributed by atoms with Crippen molar-refractivity contribution >= 4 is 23.4 Å². The second-order valence-electron chi connectivity index (χ2n) is 5.25. The lowest BCUT2D eigenvalue weighted by Crippen LogP contribution is -2.14. The average Bonchev–Trinajstić information content (AvgIpc) is 2.96. The summed E-state index contributed by atoms with van der Waals surface area (Å²) in [5, 5.41) is 2.84. The molecule has 0 saturated carbocycles. The number of hydrogen-bond donors (Lipinski definition) is 1. The van der Waals surface area contributed by atoms with Gasteiger partial charge in [0.1, 0.15) is 0 Å². The van der Waals surface area contributed by atoms with Crippen LogP contribution in [0.15, 0.2) is 41.3 Å². The van der Waals surface area contributed by atoms with Crippen LogP contribution in [-0.2, 0) is 17.6 Å². The van der Waals surface area contributed by atoms with Gasteiger partial charge in [0.15, 0.2) is 11.6 Å². The molecule has 0 bridgehead atoms. The van der Waals surface area contributed by atoms with Crippen LogP contribution in [0.3, 0.4) is 0 Å². The van der Waals surface area contributed by atoms with Crippen molar-refractivity contribution in [2.24, 2.45) is 0 Å². The van der Waals surface area contributed by atoms with Gasteiger partial charge in [-0.05, 0) is 60.7 Å². The number of nitrogens with one attached hydrogen (secondary N) is 1. The quantitative estimate of drug-likeness (QED) is 0.856. The Kier molecular flexibility index (Phi) is 4.43. The predicted molar refractivity (Wildman–Crippen MR) is 84.2 cm³/mol. The summed E-state index contributed by atoms with van der Waals surface area (Å²) in [6.07, 6.45) is 3.33. The Balaban J connectivity index is 1.57. The average molecular weight is 319 g/mol. The molecule has 3 rings (SSSR count). The molecule has 2 nitrogen and oxygen atoms in total. The van der Waals surface area contributed by atoms with Gasteiger partial charge in [0.2, 0.25) is 5.91 Å². The van der Waals surface area contributed by atoms with E-state index in [0.29, 0.717) is 4.90 Å². The third-order valence-electron chi connectivity index (χ3n) is 3.64. The first-order chi connectivity index (χ1) is 10.6. The molecule has 1 N–H and O–H groups in total. The smallest absolute Gasteiger partial charge is 0.234 e. The van der Waals surface area contributed by atoms with E-state index in [9.17, 15) is 13.6 Å². The summed E-state index contributed by atoms with van der Waals surface area (Å²) in [5.41, 5.74) is 3.44. The minimum Gasteiger partial charge on any atom is -0.325 e. The third-order valence-corrected chi connectivity index (χ3v) is 4.64. The van der Waals surface area contributed by atoms with Crippen molar-refractivity contribution in [3.05, 3.63) is 59.2 Å². The number of hydrogen-bond acceptors (Lipinski definition) is 2. The Morgan fingerprint density at radius 3 is 2.68 bits per heavy atom. The van der Waals surface area contributed by atoms with Gasteiger partial charge >= 0.3 is 0 Å². The van der Waals surface area contributed by atoms with E-state index < -0.39 is 11.6 Å². The highest BCUT2D eigenvalue weighted by Crippen LogP contribution is 2.25. The molecule has 0 fully saturated rings. The molecule has 2 aromatic rings. The minimum atomic E-state index is -0.899. The number of aryl methyl sites for hydroxylation is 2. The second kappa shape index (κ2) is 6.48. The Hall–Kier alpha value is -1.88. The Morgan fingerprint density at radius 2 is 1.86 bits per heavy atom. The lowest BCUT2D eigenvalue weighted by atomic mass is 10.1. The van der Waals surface area contributed by atoms with E-state index in [1.54, 1.807) is 0 Å². The van der Waals surface area contributed by atoms with Crippen molar-refractivity contribution in [1.82, 2.24) is 0 Å². The van der Waals surface area contributed by atoms with Gasteiger partial charge < -0.3 is 5.32 Å². The van der Waals surface area contributed by atoms with Crippen LogP contribution in [0.4, 0.5) is 14.5 Å². The van der Waals surface area contributed by atoms with E-state index in [2.05, 4.69) is 11.4 Å². The maximum absolute atomic E-state index is 13.1. The van der Waals surface area contributed by atoms with Gasteiger partial charge in [-0.1, -0.05) is 6.07 Å². The van der Waals surface area contributed by atoms with Crippen LogP contribution < -0.4 is 5.32 Å². The van der Waals surface area contributed by atoms with E-state index >= 15 is 0 Å². The number of anilines is 1. The van der Waals surface area contributed by atoms with E-state index in [0.717, 1.165) is 30.7 Å². The molecule has 22 heavy (non-hydrogen) atoms. The molecular weight excluding hydrogens is 304 g/mol. The molecule has 0 atom stereocenters. The lowest BCUT2D eigenvalue weighted by molar-refractivity contribution is -0.113. The zero-order valence-electron chi connectivity index (χ0n) is 11.9. The third kappa shape index (κ3) is 3.47. The SMILES string of the molecule is O=C(CSc1ccc(F)c(F)c1)Nc1ccc2c(c1)CCC2. The molecule has 0 aliphatic heterocycles. The van der Waals surface area contributed by atoms with Crippen LogP contribution >= 0.6 is 11.8 Å². The van der Waals surface area contributed by atoms with E-state index in [1.807, 2.05) is 12.1 Å². The Bertz CT molecular complexity index is 718. The molecular formula is C17H15F2NOS. The highest BCUT2D eigenvalue weighted by Gasteiger charge is 2.12. The van der Waals surface area contributed by atoms with Crippen LogP contribution in [-0.4, -0.2) is 11.7 Å². The van der Waals surface area contributed by atoms with E-state index in [4.69, 9.17) is 0 Å². The standard InChI is InChI=1S/C17H15F2NOS/c18-15-7-6-14(9-16(15)19)22-10-17(21)20-13-5-4-11-2-1-3-12(11)8-13/h4-9H,1-3,10H2,(H,20,21). The summed E-state index contributed by atoms with van der Waals surface area (Å²) in [4.78, 5) is 12.5. The molecule has 2 aromatic carbocycles. The van der Waals surface area contributed by atoms with Crippen LogP contribution in [0.5, 0.6) is 0 Å². The van der Waals surface area contributed by atoms with Crippen LogP contribution in [0.2, 0.25) is 0 Å². The normalized spacial score (nSPS) is 13.0. The molecule has 0 aromatic heterocycles. The molecule has 1 aliphatic carbocycles. The summed E-state index contributed by atoms with van der Waals surface area (Å²) in [5.74, 6) is -1.79. The first-order valence-corrected chi connectivity index (χ1v) is 8.10. The van der Waals surface area contributed by atoms with Gasteiger partial charge in [0.25, 0.3) is 0 Å². The molecule has 5 heteroatoms. The van der Waals surface area contributed by atoms with Gasteiger partial charge in [-0.15, -0.1) is 11.8 Å². The zero-order valence-corrected chi connectivity index (χ0v) is 12.7. The monoisotopic (exact) mass is 319 g/mol. The largest absolute Gasteiger partial charge is 0.325 e. The van der Waals surface area contributed by atoms with Crippen LogP contribution in [0.1, 0.15) is 17.5 Å². The number of benzene rings is 2. The predicted octanol–water partition coefficient (Wildman–Crippen LogP) is 4.18. The highest BCUT2D eigenvalue weighted by atomic mass is 32.2. The Labute approximate surface area is 131 Å². The fraction of sp³-hybridized carbons (Fsp3) is 0.235. The molecule has 0 radical (unpaired) electrons. The van der Waals surface area contributed by atoms with Crippen molar-refractivity contribution in [2.45, 2.75) is 24.2 Å². The Morgan fingerprint density at radius 1 is 1.05 bits per heavy atom. The highest BCUT2D eigenvalue weighted by molar-refractivity contribution is 8.00. The van der Waals surface area contributed by atoms with Gasteiger partial charge in [0.05, 0.1) is 5.75 Å². The molecule has 1 amide bonds. The van der Waals surface area contributed by atoms with Crippen LogP contribution in [0.25, 0.3) is 0 Å². The summed E-state index contributed by atoms with van der Waals surface area (Å²) < 4.78 is 25.9. The summed E-state index contributed by atoms with van der Waals surface area (Å²) in [7, 11) is 0. The van der Waals surface area contributed by atoms with Crippen LogP contribution in [0, 0.1) is 11.6 Å². The number of carbonyl (C=O) groups is 1. The van der Waals surface area contributed by atoms with Crippen molar-refractivity contribution in [3.63, 3.8) is 0 Å². The number of amides is 1. The minimum absolute atomic E-state index is 0.155. The first kappa shape index (κ1) is 15.0. The molecule has 0 heterocycles. The maximum Gasteiger partial charge on any atom is 0.234 e. The van der Waals surface area contributed by atoms with E-state index in [-0.39, 0.29) is 11.7 Å². The van der Waals surface area contributed by atoms with Crippen molar-refractivity contribution in [3.8, 4) is 0 Å². The summed E-state index contributed by atoms with van der Waals surface area (Å²) in [6, 6.07) is 9.61. The summed E-state index contributed by atoms with van der Waals surface area (Å²) >= 11 is 1.18. The molecule has 0 saturated heterocycles. The molecule has 1 aliphatic rings. The molecule has 114 valence electrons. The number of halogens is 2. The van der Waals surface area contributed by atoms with Crippen molar-refractivity contribution in [2.75, 3.05) is 11.1 Å². The second-order valence-corrected chi connectivity index (χ2v) is 6.30. The first-order valence-electron chi connectivity index (χ1n) is 7.11.